The number of carbonyl (C=O) groups is 3. The van der Waals surface area contributed by atoms with Crippen LogP contribution in [0.25, 0.3) is 0 Å². The Morgan fingerprint density at radius 3 is 2.28 bits per heavy atom. The van der Waals surface area contributed by atoms with Gasteiger partial charge in [0.25, 0.3) is 5.91 Å². The largest absolute Gasteiger partial charge is 0.455 e. The molecule has 0 bridgehead atoms. The van der Waals surface area contributed by atoms with Gasteiger partial charge in [0, 0.05) is 6.04 Å². The van der Waals surface area contributed by atoms with Crippen LogP contribution in [-0.4, -0.2) is 51.9 Å². The number of rotatable bonds is 9. The Labute approximate surface area is 146 Å². The van der Waals surface area contributed by atoms with E-state index in [9.17, 15) is 22.8 Å². The van der Waals surface area contributed by atoms with Crippen molar-refractivity contribution in [2.75, 3.05) is 19.7 Å². The van der Waals surface area contributed by atoms with Crippen LogP contribution in [0.5, 0.6) is 0 Å². The van der Waals surface area contributed by atoms with E-state index >= 15 is 0 Å². The Balaban J connectivity index is 2.31. The van der Waals surface area contributed by atoms with Crippen LogP contribution < -0.4 is 15.4 Å². The van der Waals surface area contributed by atoms with E-state index in [1.165, 1.54) is 12.1 Å². The lowest BCUT2D eigenvalue weighted by atomic mass is 10.4. The zero-order chi connectivity index (χ0) is 18.9. The van der Waals surface area contributed by atoms with Crippen LogP contribution in [0.3, 0.4) is 0 Å². The van der Waals surface area contributed by atoms with Crippen molar-refractivity contribution in [1.29, 1.82) is 0 Å². The molecule has 2 amide bonds. The second-order valence-corrected chi connectivity index (χ2v) is 7.06. The van der Waals surface area contributed by atoms with Gasteiger partial charge in [0.2, 0.25) is 15.9 Å². The highest BCUT2D eigenvalue weighted by molar-refractivity contribution is 7.89. The first-order valence-corrected chi connectivity index (χ1v) is 8.95. The van der Waals surface area contributed by atoms with E-state index in [2.05, 4.69) is 20.1 Å². The maximum Gasteiger partial charge on any atom is 0.321 e. The monoisotopic (exact) mass is 371 g/mol. The molecule has 9 nitrogen and oxygen atoms in total. The molecule has 0 aliphatic heterocycles. The Morgan fingerprint density at radius 2 is 1.68 bits per heavy atom. The first-order chi connectivity index (χ1) is 11.7. The fourth-order valence-electron chi connectivity index (χ4n) is 1.64. The normalized spacial score (nSPS) is 11.0. The topological polar surface area (TPSA) is 131 Å². The lowest BCUT2D eigenvalue weighted by molar-refractivity contribution is -0.147. The summed E-state index contributed by atoms with van der Waals surface area (Å²) < 4.78 is 30.5. The van der Waals surface area contributed by atoms with E-state index in [4.69, 9.17) is 0 Å². The minimum absolute atomic E-state index is 0.0108. The number of carbonyl (C=O) groups excluding carboxylic acids is 3. The molecule has 138 valence electrons. The maximum absolute atomic E-state index is 11.9. The quantitative estimate of drug-likeness (QED) is 0.485. The van der Waals surface area contributed by atoms with Crippen LogP contribution in [0.1, 0.15) is 13.8 Å². The molecule has 0 atom stereocenters. The zero-order valence-electron chi connectivity index (χ0n) is 13.9. The van der Waals surface area contributed by atoms with Gasteiger partial charge in [-0.25, -0.2) is 8.42 Å². The van der Waals surface area contributed by atoms with Gasteiger partial charge in [0.1, 0.15) is 6.54 Å². The minimum Gasteiger partial charge on any atom is -0.455 e. The highest BCUT2D eigenvalue weighted by atomic mass is 32.2. The molecule has 0 spiro atoms. The van der Waals surface area contributed by atoms with Gasteiger partial charge in [-0.15, -0.1) is 0 Å². The summed E-state index contributed by atoms with van der Waals surface area (Å²) in [7, 11) is -3.83. The van der Waals surface area contributed by atoms with E-state index in [1.807, 2.05) is 0 Å². The molecule has 0 unspecified atom stereocenters. The second-order valence-electron chi connectivity index (χ2n) is 5.30. The molecule has 3 N–H and O–H groups in total. The fourth-order valence-corrected chi connectivity index (χ4v) is 2.63. The van der Waals surface area contributed by atoms with Crippen LogP contribution in [0, 0.1) is 0 Å². The van der Waals surface area contributed by atoms with Gasteiger partial charge in [-0.1, -0.05) is 18.2 Å². The molecular weight excluding hydrogens is 350 g/mol. The van der Waals surface area contributed by atoms with Gasteiger partial charge >= 0.3 is 5.97 Å². The number of esters is 1. The van der Waals surface area contributed by atoms with E-state index in [1.54, 1.807) is 32.0 Å². The summed E-state index contributed by atoms with van der Waals surface area (Å²) in [5.41, 5.74) is 0. The Kier molecular flexibility index (Phi) is 8.02. The highest BCUT2D eigenvalue weighted by Crippen LogP contribution is 2.06. The summed E-state index contributed by atoms with van der Waals surface area (Å²) in [5, 5.41) is 4.85. The summed E-state index contributed by atoms with van der Waals surface area (Å²) in [6, 6.07) is 7.46. The number of nitrogens with one attached hydrogen (secondary N) is 3. The van der Waals surface area contributed by atoms with Gasteiger partial charge in [-0.3, -0.25) is 14.4 Å². The SMILES string of the molecule is CC(C)NC(=O)CNC(=O)COC(=O)CNS(=O)(=O)c1ccccc1. The van der Waals surface area contributed by atoms with Crippen molar-refractivity contribution in [3.63, 3.8) is 0 Å². The van der Waals surface area contributed by atoms with Crippen molar-refractivity contribution in [2.45, 2.75) is 24.8 Å². The van der Waals surface area contributed by atoms with Gasteiger partial charge in [-0.2, -0.15) is 4.72 Å². The van der Waals surface area contributed by atoms with Gasteiger partial charge < -0.3 is 15.4 Å². The van der Waals surface area contributed by atoms with Crippen molar-refractivity contribution in [1.82, 2.24) is 15.4 Å². The Bertz CT molecular complexity index is 703. The van der Waals surface area contributed by atoms with Crippen LogP contribution in [0.15, 0.2) is 35.2 Å². The third-order valence-corrected chi connectivity index (χ3v) is 4.14. The van der Waals surface area contributed by atoms with Gasteiger partial charge in [0.15, 0.2) is 6.61 Å². The predicted octanol–water partition coefficient (Wildman–Crippen LogP) is -0.851. The van der Waals surface area contributed by atoms with Gasteiger partial charge in [0.05, 0.1) is 11.4 Å². The standard InChI is InChI=1S/C15H21N3O6S/c1-11(2)18-13(19)8-16-14(20)10-24-15(21)9-17-25(22,23)12-6-4-3-5-7-12/h3-7,11,17H,8-10H2,1-2H3,(H,16,20)(H,18,19). The second kappa shape index (κ2) is 9.74. The molecule has 0 fully saturated rings. The molecule has 1 aromatic carbocycles. The molecule has 1 rings (SSSR count). The number of ether oxygens (including phenoxy) is 1. The van der Waals surface area contributed by atoms with Crippen molar-refractivity contribution in [2.24, 2.45) is 0 Å². The van der Waals surface area contributed by atoms with Crippen molar-refractivity contribution in [3.05, 3.63) is 30.3 Å². The lowest BCUT2D eigenvalue weighted by Gasteiger charge is -2.10. The molecule has 0 heterocycles. The summed E-state index contributed by atoms with van der Waals surface area (Å²) in [4.78, 5) is 34.3. The average Bonchev–Trinajstić information content (AvgIpc) is 2.56. The number of sulfonamides is 1. The number of amides is 2. The van der Waals surface area contributed by atoms with E-state index in [0.717, 1.165) is 0 Å². The van der Waals surface area contributed by atoms with Gasteiger partial charge in [-0.05, 0) is 26.0 Å². The van der Waals surface area contributed by atoms with Crippen LogP contribution >= 0.6 is 0 Å². The minimum atomic E-state index is -3.83. The van der Waals surface area contributed by atoms with Crippen molar-refractivity contribution < 1.29 is 27.5 Å². The fraction of sp³-hybridized carbons (Fsp3) is 0.400. The Hall–Kier alpha value is -2.46. The number of hydrogen-bond acceptors (Lipinski definition) is 6. The predicted molar refractivity (Wildman–Crippen MR) is 88.9 cm³/mol. The van der Waals surface area contributed by atoms with E-state index < -0.39 is 35.1 Å². The molecular formula is C15H21N3O6S. The lowest BCUT2D eigenvalue weighted by Crippen LogP contribution is -2.41. The Morgan fingerprint density at radius 1 is 1.04 bits per heavy atom. The summed E-state index contributed by atoms with van der Waals surface area (Å²) in [6.07, 6.45) is 0. The molecule has 0 aliphatic rings. The van der Waals surface area contributed by atoms with Crippen molar-refractivity contribution in [3.8, 4) is 0 Å². The third-order valence-electron chi connectivity index (χ3n) is 2.72. The van der Waals surface area contributed by atoms with Crippen LogP contribution in [0.4, 0.5) is 0 Å². The molecule has 1 aromatic rings. The molecule has 0 aromatic heterocycles. The molecule has 0 saturated heterocycles. The van der Waals surface area contributed by atoms with Crippen LogP contribution in [-0.2, 0) is 29.1 Å². The summed E-state index contributed by atoms with van der Waals surface area (Å²) in [5.74, 6) is -1.95. The summed E-state index contributed by atoms with van der Waals surface area (Å²) >= 11 is 0. The first-order valence-electron chi connectivity index (χ1n) is 7.47. The molecule has 0 aliphatic carbocycles. The smallest absolute Gasteiger partial charge is 0.321 e. The molecule has 10 heteroatoms. The molecule has 0 radical (unpaired) electrons. The molecule has 25 heavy (non-hydrogen) atoms. The summed E-state index contributed by atoms with van der Waals surface area (Å²) in [6.45, 7) is 2.09. The number of benzene rings is 1. The highest BCUT2D eigenvalue weighted by Gasteiger charge is 2.16. The molecule has 0 saturated carbocycles. The maximum atomic E-state index is 11.9. The average molecular weight is 371 g/mol. The first kappa shape index (κ1) is 20.6. The van der Waals surface area contributed by atoms with E-state index in [0.29, 0.717) is 0 Å². The van der Waals surface area contributed by atoms with E-state index in [-0.39, 0.29) is 23.4 Å². The third kappa shape index (κ3) is 8.27. The zero-order valence-corrected chi connectivity index (χ0v) is 14.8. The number of hydrogen-bond donors (Lipinski definition) is 3. The van der Waals surface area contributed by atoms with Crippen molar-refractivity contribution >= 4 is 27.8 Å². The van der Waals surface area contributed by atoms with Crippen LogP contribution in [0.2, 0.25) is 0 Å².